The van der Waals surface area contributed by atoms with Gasteiger partial charge in [0.05, 0.1) is 31.5 Å². The number of nitrogens with one attached hydrogen (secondary N) is 1. The molecule has 9 nitrogen and oxygen atoms in total. The van der Waals surface area contributed by atoms with Gasteiger partial charge < -0.3 is 14.2 Å². The van der Waals surface area contributed by atoms with Crippen LogP contribution in [-0.4, -0.2) is 42.2 Å². The lowest BCUT2D eigenvalue weighted by atomic mass is 9.85. The maximum Gasteiger partial charge on any atom is 0.333 e. The summed E-state index contributed by atoms with van der Waals surface area (Å²) >= 11 is 0. The normalized spacial score (nSPS) is 22.1. The first-order valence-electron chi connectivity index (χ1n) is 10.7. The molecule has 1 saturated heterocycles. The van der Waals surface area contributed by atoms with Gasteiger partial charge in [0.25, 0.3) is 0 Å². The first-order chi connectivity index (χ1) is 16.0. The third kappa shape index (κ3) is 5.56. The highest BCUT2D eigenvalue weighted by Gasteiger charge is 2.55. The van der Waals surface area contributed by atoms with Gasteiger partial charge in [-0.15, -0.1) is 0 Å². The lowest BCUT2D eigenvalue weighted by Crippen LogP contribution is -2.37. The van der Waals surface area contributed by atoms with Crippen molar-refractivity contribution in [3.8, 4) is 5.75 Å². The number of rotatable bonds is 9. The second-order valence-electron chi connectivity index (χ2n) is 7.30. The Labute approximate surface area is 191 Å². The fourth-order valence-electron chi connectivity index (χ4n) is 4.03. The highest BCUT2D eigenvalue weighted by molar-refractivity contribution is 5.81. The predicted molar refractivity (Wildman–Crippen MR) is 119 cm³/mol. The Morgan fingerprint density at radius 2 is 1.70 bits per heavy atom. The summed E-state index contributed by atoms with van der Waals surface area (Å²) in [4.78, 5) is 36.3. The quantitative estimate of drug-likeness (QED) is 0.202. The minimum Gasteiger partial charge on any atom is -0.465 e. The molecule has 0 spiro atoms. The minimum atomic E-state index is -1.17. The molecule has 33 heavy (non-hydrogen) atoms. The second-order valence-corrected chi connectivity index (χ2v) is 7.30. The van der Waals surface area contributed by atoms with Gasteiger partial charge in [0.2, 0.25) is 6.04 Å². The lowest BCUT2D eigenvalue weighted by molar-refractivity contribution is -0.527. The molecule has 0 amide bonds. The van der Waals surface area contributed by atoms with E-state index in [1.165, 1.54) is 0 Å². The summed E-state index contributed by atoms with van der Waals surface area (Å²) in [5, 5.41) is 15.4. The number of esters is 2. The van der Waals surface area contributed by atoms with Gasteiger partial charge in [0, 0.05) is 10.5 Å². The zero-order chi connectivity index (χ0) is 23.8. The number of benzene rings is 2. The van der Waals surface area contributed by atoms with Crippen LogP contribution >= 0.6 is 0 Å². The summed E-state index contributed by atoms with van der Waals surface area (Å²) in [7, 11) is 0. The summed E-state index contributed by atoms with van der Waals surface area (Å²) in [5.74, 6) is -1.74. The molecule has 1 heterocycles. The molecule has 2 aromatic rings. The second kappa shape index (κ2) is 11.2. The van der Waals surface area contributed by atoms with Crippen LogP contribution in [0.4, 0.5) is 0 Å². The zero-order valence-electron chi connectivity index (χ0n) is 18.4. The highest BCUT2D eigenvalue weighted by atomic mass is 16.6. The summed E-state index contributed by atoms with van der Waals surface area (Å²) in [6.45, 7) is 3.73. The van der Waals surface area contributed by atoms with E-state index in [1.54, 1.807) is 62.4 Å². The van der Waals surface area contributed by atoms with Crippen molar-refractivity contribution in [3.63, 3.8) is 0 Å². The molecule has 3 rings (SSSR count). The number of ether oxygens (including phenoxy) is 3. The van der Waals surface area contributed by atoms with E-state index in [2.05, 4.69) is 5.32 Å². The first-order valence-corrected chi connectivity index (χ1v) is 10.7. The van der Waals surface area contributed by atoms with Gasteiger partial charge >= 0.3 is 11.9 Å². The first kappa shape index (κ1) is 23.9. The molecule has 0 bridgehead atoms. The van der Waals surface area contributed by atoms with Crippen molar-refractivity contribution in [3.05, 3.63) is 88.2 Å². The SMILES string of the molecule is CCOC(=O)/C=C/Oc1ccccc1[C@H]1[C@H]([N+](=O)[O-])[C@H](c2ccccc2)N[C@@H]1C(=O)OCC. The van der Waals surface area contributed by atoms with Crippen LogP contribution < -0.4 is 10.1 Å². The van der Waals surface area contributed by atoms with Crippen molar-refractivity contribution in [2.24, 2.45) is 0 Å². The Kier molecular flexibility index (Phi) is 8.15. The number of carbonyl (C=O) groups excluding carboxylic acids is 2. The topological polar surface area (TPSA) is 117 Å². The standard InChI is InChI=1S/C24H26N2O7/c1-3-31-19(27)14-15-33-18-13-9-8-12-17(18)20-22(24(28)32-4-2)25-21(23(20)26(29)30)16-10-6-5-7-11-16/h5-15,20-23,25H,3-4H2,1-2H3/b15-14+/t20-,21+,22+,23+/m1/s1. The maximum atomic E-state index is 12.8. The number of carbonyl (C=O) groups is 2. The molecule has 0 aromatic heterocycles. The number of nitro groups is 1. The van der Waals surface area contributed by atoms with E-state index in [-0.39, 0.29) is 18.1 Å². The van der Waals surface area contributed by atoms with E-state index in [1.807, 2.05) is 6.07 Å². The van der Waals surface area contributed by atoms with E-state index < -0.39 is 36.0 Å². The van der Waals surface area contributed by atoms with E-state index >= 15 is 0 Å². The molecule has 0 aliphatic carbocycles. The van der Waals surface area contributed by atoms with Crippen LogP contribution in [0.5, 0.6) is 5.75 Å². The van der Waals surface area contributed by atoms with Crippen molar-refractivity contribution < 1.29 is 28.7 Å². The van der Waals surface area contributed by atoms with Gasteiger partial charge in [0.1, 0.15) is 17.8 Å². The Morgan fingerprint density at radius 3 is 2.36 bits per heavy atom. The van der Waals surface area contributed by atoms with Crippen LogP contribution in [0.1, 0.15) is 36.9 Å². The van der Waals surface area contributed by atoms with Crippen LogP contribution in [0.15, 0.2) is 66.9 Å². The molecule has 1 aliphatic rings. The summed E-state index contributed by atoms with van der Waals surface area (Å²) in [5.41, 5.74) is 1.15. The molecule has 1 aliphatic heterocycles. The molecule has 0 radical (unpaired) electrons. The van der Waals surface area contributed by atoms with Crippen molar-refractivity contribution in [1.29, 1.82) is 0 Å². The molecule has 4 atom stereocenters. The molecule has 0 unspecified atom stereocenters. The van der Waals surface area contributed by atoms with E-state index in [9.17, 15) is 19.7 Å². The number of nitrogens with zero attached hydrogens (tertiary/aromatic N) is 1. The average molecular weight is 454 g/mol. The van der Waals surface area contributed by atoms with Crippen LogP contribution in [0.2, 0.25) is 0 Å². The number of hydrogen-bond acceptors (Lipinski definition) is 8. The molecular weight excluding hydrogens is 428 g/mol. The Hall–Kier alpha value is -3.72. The largest absolute Gasteiger partial charge is 0.465 e. The van der Waals surface area contributed by atoms with Crippen LogP contribution in [0.3, 0.4) is 0 Å². The monoisotopic (exact) mass is 454 g/mol. The molecule has 2 aromatic carbocycles. The molecular formula is C24H26N2O7. The van der Waals surface area contributed by atoms with Gasteiger partial charge in [-0.2, -0.15) is 0 Å². The van der Waals surface area contributed by atoms with Gasteiger partial charge in [-0.1, -0.05) is 48.5 Å². The molecule has 174 valence electrons. The van der Waals surface area contributed by atoms with Crippen molar-refractivity contribution in [2.75, 3.05) is 13.2 Å². The van der Waals surface area contributed by atoms with Crippen molar-refractivity contribution in [1.82, 2.24) is 5.32 Å². The fraction of sp³-hybridized carbons (Fsp3) is 0.333. The fourth-order valence-corrected chi connectivity index (χ4v) is 4.03. The van der Waals surface area contributed by atoms with Gasteiger partial charge in [-0.3, -0.25) is 20.2 Å². The Morgan fingerprint density at radius 1 is 1.03 bits per heavy atom. The molecule has 0 saturated carbocycles. The van der Waals surface area contributed by atoms with E-state index in [0.717, 1.165) is 12.3 Å². The molecule has 1 N–H and O–H groups in total. The molecule has 9 heteroatoms. The summed E-state index contributed by atoms with van der Waals surface area (Å²) < 4.78 is 15.7. The van der Waals surface area contributed by atoms with Gasteiger partial charge in [-0.05, 0) is 25.5 Å². The number of hydrogen-bond donors (Lipinski definition) is 1. The summed E-state index contributed by atoms with van der Waals surface area (Å²) in [6.07, 6.45) is 2.28. The van der Waals surface area contributed by atoms with Crippen LogP contribution in [0.25, 0.3) is 0 Å². The molecule has 1 fully saturated rings. The number of para-hydroxylation sites is 1. The van der Waals surface area contributed by atoms with Crippen LogP contribution in [0, 0.1) is 10.1 Å². The predicted octanol–water partition coefficient (Wildman–Crippen LogP) is 3.15. The highest BCUT2D eigenvalue weighted by Crippen LogP contribution is 2.43. The maximum absolute atomic E-state index is 12.8. The smallest absolute Gasteiger partial charge is 0.333 e. The van der Waals surface area contributed by atoms with E-state index in [4.69, 9.17) is 14.2 Å². The Balaban J connectivity index is 2.02. The average Bonchev–Trinajstić information content (AvgIpc) is 3.21. The van der Waals surface area contributed by atoms with Gasteiger partial charge in [-0.25, -0.2) is 4.79 Å². The zero-order valence-corrected chi connectivity index (χ0v) is 18.4. The van der Waals surface area contributed by atoms with E-state index in [0.29, 0.717) is 16.9 Å². The summed E-state index contributed by atoms with van der Waals surface area (Å²) in [6, 6.07) is 12.8. The minimum absolute atomic E-state index is 0.142. The van der Waals surface area contributed by atoms with Crippen LogP contribution in [-0.2, 0) is 19.1 Å². The lowest BCUT2D eigenvalue weighted by Gasteiger charge is -2.21. The van der Waals surface area contributed by atoms with Crippen molar-refractivity contribution >= 4 is 11.9 Å². The Bertz CT molecular complexity index is 1010. The van der Waals surface area contributed by atoms with Gasteiger partial charge in [0.15, 0.2) is 0 Å². The third-order valence-corrected chi connectivity index (χ3v) is 5.33. The van der Waals surface area contributed by atoms with Crippen molar-refractivity contribution in [2.45, 2.75) is 37.9 Å². The third-order valence-electron chi connectivity index (χ3n) is 5.33.